The van der Waals surface area contributed by atoms with E-state index in [2.05, 4.69) is 15.6 Å². The molecule has 1 heterocycles. The topological polar surface area (TPSA) is 100 Å². The molecule has 0 aliphatic carbocycles. The summed E-state index contributed by atoms with van der Waals surface area (Å²) >= 11 is 0. The number of aromatic nitrogens is 2. The number of carbonyl (C=O) groups is 1. The quantitative estimate of drug-likeness (QED) is 0.497. The number of amides is 1. The SMILES string of the molecule is Cc1ccc(/C=N/NC(=O)c2nn(-c3cccc(C(F)(F)F)c3)c(=O)c(C#N)c2C)cc1. The number of benzene rings is 2. The first-order valence-electron chi connectivity index (χ1n) is 9.23. The van der Waals surface area contributed by atoms with Crippen molar-refractivity contribution in [2.24, 2.45) is 5.10 Å². The Morgan fingerprint density at radius 2 is 1.88 bits per heavy atom. The van der Waals surface area contributed by atoms with Gasteiger partial charge in [-0.3, -0.25) is 9.59 Å². The fourth-order valence-corrected chi connectivity index (χ4v) is 2.81. The molecule has 0 spiro atoms. The first kappa shape index (κ1) is 22.4. The van der Waals surface area contributed by atoms with E-state index in [1.165, 1.54) is 19.2 Å². The van der Waals surface area contributed by atoms with E-state index < -0.39 is 28.8 Å². The van der Waals surface area contributed by atoms with Crippen molar-refractivity contribution in [3.63, 3.8) is 0 Å². The van der Waals surface area contributed by atoms with Crippen LogP contribution in [-0.4, -0.2) is 21.9 Å². The van der Waals surface area contributed by atoms with Crippen LogP contribution in [-0.2, 0) is 6.18 Å². The highest BCUT2D eigenvalue weighted by atomic mass is 19.4. The van der Waals surface area contributed by atoms with Gasteiger partial charge in [0.05, 0.1) is 17.5 Å². The lowest BCUT2D eigenvalue weighted by Gasteiger charge is -2.12. The molecule has 3 rings (SSSR count). The Hall–Kier alpha value is -4.26. The Balaban J connectivity index is 2.00. The Morgan fingerprint density at radius 3 is 2.50 bits per heavy atom. The van der Waals surface area contributed by atoms with E-state index in [-0.39, 0.29) is 16.9 Å². The molecule has 1 N–H and O–H groups in total. The summed E-state index contributed by atoms with van der Waals surface area (Å²) in [4.78, 5) is 25.2. The molecule has 1 amide bonds. The summed E-state index contributed by atoms with van der Waals surface area (Å²) in [5.41, 5.74) is 1.09. The molecule has 0 radical (unpaired) electrons. The molecule has 0 aliphatic heterocycles. The molecular weight excluding hydrogens is 423 g/mol. The number of halogens is 3. The molecule has 7 nitrogen and oxygen atoms in total. The van der Waals surface area contributed by atoms with E-state index in [4.69, 9.17) is 0 Å². The molecular formula is C22H16F3N5O2. The molecule has 0 saturated carbocycles. The van der Waals surface area contributed by atoms with Gasteiger partial charge in [-0.25, -0.2) is 5.43 Å². The van der Waals surface area contributed by atoms with Crippen LogP contribution in [0.2, 0.25) is 0 Å². The minimum Gasteiger partial charge on any atom is -0.266 e. The van der Waals surface area contributed by atoms with Gasteiger partial charge in [-0.1, -0.05) is 35.9 Å². The first-order chi connectivity index (χ1) is 15.1. The van der Waals surface area contributed by atoms with Crippen LogP contribution in [0, 0.1) is 25.2 Å². The number of hydrazone groups is 1. The molecule has 0 saturated heterocycles. The number of hydrogen-bond donors (Lipinski definition) is 1. The number of nitrogens with one attached hydrogen (secondary N) is 1. The van der Waals surface area contributed by atoms with Gasteiger partial charge in [-0.2, -0.15) is 33.3 Å². The highest BCUT2D eigenvalue weighted by Gasteiger charge is 2.31. The standard InChI is InChI=1S/C22H16F3N5O2/c1-13-6-8-15(9-7-13)12-27-28-20(31)19-14(2)18(11-26)21(32)30(29-19)17-5-3-4-16(10-17)22(23,24)25/h3-10,12H,1-2H3,(H,28,31)/b27-12+. The lowest BCUT2D eigenvalue weighted by Crippen LogP contribution is -2.31. The monoisotopic (exact) mass is 439 g/mol. The zero-order valence-corrected chi connectivity index (χ0v) is 16.9. The smallest absolute Gasteiger partial charge is 0.266 e. The van der Waals surface area contributed by atoms with Gasteiger partial charge in [-0.15, -0.1) is 0 Å². The molecule has 0 bridgehead atoms. The Bertz CT molecular complexity index is 1300. The number of nitriles is 1. The normalized spacial score (nSPS) is 11.4. The second-order valence-corrected chi connectivity index (χ2v) is 6.84. The summed E-state index contributed by atoms with van der Waals surface area (Å²) < 4.78 is 39.8. The molecule has 0 atom stereocenters. The third-order valence-electron chi connectivity index (χ3n) is 4.54. The van der Waals surface area contributed by atoms with Crippen LogP contribution in [0.25, 0.3) is 5.69 Å². The summed E-state index contributed by atoms with van der Waals surface area (Å²) in [6.07, 6.45) is -3.26. The average Bonchev–Trinajstić information content (AvgIpc) is 2.75. The Labute approximate surface area is 180 Å². The predicted octanol–water partition coefficient (Wildman–Crippen LogP) is 3.50. The van der Waals surface area contributed by atoms with Gasteiger partial charge >= 0.3 is 6.18 Å². The van der Waals surface area contributed by atoms with Crippen LogP contribution in [0.5, 0.6) is 0 Å². The average molecular weight is 439 g/mol. The molecule has 10 heteroatoms. The number of nitrogens with zero attached hydrogens (tertiary/aromatic N) is 4. The Morgan fingerprint density at radius 1 is 1.19 bits per heavy atom. The van der Waals surface area contributed by atoms with Crippen molar-refractivity contribution in [1.29, 1.82) is 5.26 Å². The number of carbonyl (C=O) groups excluding carboxylic acids is 1. The molecule has 162 valence electrons. The first-order valence-corrected chi connectivity index (χ1v) is 9.23. The number of alkyl halides is 3. The summed E-state index contributed by atoms with van der Waals surface area (Å²) in [6.45, 7) is 3.27. The minimum absolute atomic E-state index is 0.0104. The summed E-state index contributed by atoms with van der Waals surface area (Å²) in [7, 11) is 0. The lowest BCUT2D eigenvalue weighted by molar-refractivity contribution is -0.137. The lowest BCUT2D eigenvalue weighted by atomic mass is 10.1. The van der Waals surface area contributed by atoms with Crippen LogP contribution >= 0.6 is 0 Å². The molecule has 1 aromatic heterocycles. The largest absolute Gasteiger partial charge is 0.416 e. The van der Waals surface area contributed by atoms with Gasteiger partial charge in [0.2, 0.25) is 0 Å². The molecule has 32 heavy (non-hydrogen) atoms. The number of rotatable bonds is 4. The summed E-state index contributed by atoms with van der Waals surface area (Å²) in [6, 6.07) is 12.8. The van der Waals surface area contributed by atoms with E-state index in [0.29, 0.717) is 16.3 Å². The molecule has 3 aromatic rings. The van der Waals surface area contributed by atoms with Crippen molar-refractivity contribution in [1.82, 2.24) is 15.2 Å². The fourth-order valence-electron chi connectivity index (χ4n) is 2.81. The van der Waals surface area contributed by atoms with Crippen LogP contribution in [0.1, 0.15) is 38.3 Å². The summed E-state index contributed by atoms with van der Waals surface area (Å²) in [5.74, 6) is -0.830. The van der Waals surface area contributed by atoms with Gasteiger partial charge in [0, 0.05) is 5.56 Å². The van der Waals surface area contributed by atoms with E-state index in [1.54, 1.807) is 18.2 Å². The van der Waals surface area contributed by atoms with Gasteiger partial charge in [0.25, 0.3) is 11.5 Å². The van der Waals surface area contributed by atoms with E-state index in [1.807, 2.05) is 19.1 Å². The Kier molecular flexibility index (Phi) is 6.20. The van der Waals surface area contributed by atoms with Crippen LogP contribution in [0.4, 0.5) is 13.2 Å². The zero-order valence-electron chi connectivity index (χ0n) is 16.9. The fraction of sp³-hybridized carbons (Fsp3) is 0.136. The maximum Gasteiger partial charge on any atom is 0.416 e. The minimum atomic E-state index is -4.65. The van der Waals surface area contributed by atoms with Crippen molar-refractivity contribution < 1.29 is 18.0 Å². The van der Waals surface area contributed by atoms with Crippen LogP contribution < -0.4 is 11.0 Å². The summed E-state index contributed by atoms with van der Waals surface area (Å²) in [5, 5.41) is 17.1. The molecule has 2 aromatic carbocycles. The third kappa shape index (κ3) is 4.73. The van der Waals surface area contributed by atoms with E-state index >= 15 is 0 Å². The third-order valence-corrected chi connectivity index (χ3v) is 4.54. The molecule has 0 fully saturated rings. The highest BCUT2D eigenvalue weighted by Crippen LogP contribution is 2.30. The van der Waals surface area contributed by atoms with Gasteiger partial charge in [0.1, 0.15) is 11.6 Å². The van der Waals surface area contributed by atoms with Crippen molar-refractivity contribution in [3.8, 4) is 11.8 Å². The van der Waals surface area contributed by atoms with Crippen molar-refractivity contribution >= 4 is 12.1 Å². The van der Waals surface area contributed by atoms with Crippen molar-refractivity contribution in [3.05, 3.63) is 92.4 Å². The van der Waals surface area contributed by atoms with Crippen molar-refractivity contribution in [2.45, 2.75) is 20.0 Å². The van der Waals surface area contributed by atoms with E-state index in [0.717, 1.165) is 17.7 Å². The van der Waals surface area contributed by atoms with Gasteiger partial charge in [0.15, 0.2) is 5.69 Å². The predicted molar refractivity (Wildman–Crippen MR) is 111 cm³/mol. The molecule has 0 aliphatic rings. The van der Waals surface area contributed by atoms with Crippen LogP contribution in [0.3, 0.4) is 0 Å². The van der Waals surface area contributed by atoms with Gasteiger partial charge < -0.3 is 0 Å². The maximum absolute atomic E-state index is 13.1. The second-order valence-electron chi connectivity index (χ2n) is 6.84. The zero-order chi connectivity index (χ0) is 23.5. The number of hydrogen-bond acceptors (Lipinski definition) is 5. The van der Waals surface area contributed by atoms with Gasteiger partial charge in [-0.05, 0) is 37.6 Å². The number of aryl methyl sites for hydroxylation is 1. The van der Waals surface area contributed by atoms with Crippen LogP contribution in [0.15, 0.2) is 58.4 Å². The maximum atomic E-state index is 13.1. The molecule has 0 unspecified atom stereocenters. The van der Waals surface area contributed by atoms with Crippen molar-refractivity contribution in [2.75, 3.05) is 0 Å². The second kappa shape index (κ2) is 8.85. The van der Waals surface area contributed by atoms with E-state index in [9.17, 15) is 28.0 Å². The highest BCUT2D eigenvalue weighted by molar-refractivity contribution is 5.94.